The van der Waals surface area contributed by atoms with E-state index in [2.05, 4.69) is 4.74 Å². The molecule has 7 nitrogen and oxygen atoms in total. The van der Waals surface area contributed by atoms with Crippen LogP contribution in [0.15, 0.2) is 12.1 Å². The molecule has 0 aromatic heterocycles. The lowest BCUT2D eigenvalue weighted by Gasteiger charge is -2.18. The largest absolute Gasteiger partial charge is 0.464 e. The van der Waals surface area contributed by atoms with E-state index in [1.807, 2.05) is 0 Å². The first-order valence-corrected chi connectivity index (χ1v) is 6.00. The Kier molecular flexibility index (Phi) is 4.21. The lowest BCUT2D eigenvalue weighted by Crippen LogP contribution is -2.30. The number of aliphatic hydroxyl groups excluding tert-OH is 2. The highest BCUT2D eigenvalue weighted by molar-refractivity contribution is 5.81. The van der Waals surface area contributed by atoms with Gasteiger partial charge in [-0.25, -0.2) is 4.79 Å². The van der Waals surface area contributed by atoms with Crippen molar-refractivity contribution in [2.45, 2.75) is 19.1 Å². The van der Waals surface area contributed by atoms with E-state index < -0.39 is 18.2 Å². The van der Waals surface area contributed by atoms with Crippen LogP contribution in [0.4, 0.5) is 0 Å². The van der Waals surface area contributed by atoms with Gasteiger partial charge in [0.2, 0.25) is 6.79 Å². The second kappa shape index (κ2) is 5.89. The van der Waals surface area contributed by atoms with Gasteiger partial charge in [-0.2, -0.15) is 0 Å². The van der Waals surface area contributed by atoms with Gasteiger partial charge in [-0.3, -0.25) is 4.79 Å². The molecule has 2 unspecified atom stereocenters. The second-order valence-electron chi connectivity index (χ2n) is 4.09. The lowest BCUT2D eigenvalue weighted by atomic mass is 9.98. The van der Waals surface area contributed by atoms with E-state index in [4.69, 9.17) is 9.47 Å². The fourth-order valence-electron chi connectivity index (χ4n) is 1.86. The molecule has 1 aromatic carbocycles. The molecular formula is C13H14O7. The highest BCUT2D eigenvalue weighted by atomic mass is 16.7. The molecule has 1 heterocycles. The van der Waals surface area contributed by atoms with Crippen molar-refractivity contribution >= 4 is 12.3 Å². The molecule has 1 aliphatic heterocycles. The van der Waals surface area contributed by atoms with E-state index in [0.717, 1.165) is 0 Å². The maximum atomic E-state index is 11.4. The fraction of sp³-hybridized carbons (Fsp3) is 0.385. The van der Waals surface area contributed by atoms with Gasteiger partial charge in [0.05, 0.1) is 6.61 Å². The van der Waals surface area contributed by atoms with Gasteiger partial charge in [0.25, 0.3) is 0 Å². The number of aliphatic hydroxyl groups is 2. The van der Waals surface area contributed by atoms with Crippen molar-refractivity contribution in [3.63, 3.8) is 0 Å². The molecule has 20 heavy (non-hydrogen) atoms. The van der Waals surface area contributed by atoms with Crippen LogP contribution in [0.3, 0.4) is 0 Å². The number of hydrogen-bond donors (Lipinski definition) is 2. The summed E-state index contributed by atoms with van der Waals surface area (Å²) < 4.78 is 14.9. The SMILES string of the molecule is CCOC(=O)C(O)C(O)c1cc2c(cc1C=O)OCO2. The summed E-state index contributed by atoms with van der Waals surface area (Å²) in [6, 6.07) is 2.74. The van der Waals surface area contributed by atoms with Crippen molar-refractivity contribution in [3.8, 4) is 11.5 Å². The number of benzene rings is 1. The van der Waals surface area contributed by atoms with E-state index in [-0.39, 0.29) is 24.5 Å². The van der Waals surface area contributed by atoms with Gasteiger partial charge < -0.3 is 24.4 Å². The van der Waals surface area contributed by atoms with Crippen molar-refractivity contribution < 1.29 is 34.0 Å². The van der Waals surface area contributed by atoms with E-state index >= 15 is 0 Å². The van der Waals surface area contributed by atoms with Crippen LogP contribution in [0.25, 0.3) is 0 Å². The maximum absolute atomic E-state index is 11.4. The Hall–Kier alpha value is -2.12. The maximum Gasteiger partial charge on any atom is 0.338 e. The molecular weight excluding hydrogens is 268 g/mol. The van der Waals surface area contributed by atoms with Gasteiger partial charge in [-0.05, 0) is 24.6 Å². The third-order valence-corrected chi connectivity index (χ3v) is 2.85. The Morgan fingerprint density at radius 2 is 2.05 bits per heavy atom. The smallest absolute Gasteiger partial charge is 0.338 e. The average Bonchev–Trinajstić information content (AvgIpc) is 2.91. The van der Waals surface area contributed by atoms with Crippen LogP contribution in [0.5, 0.6) is 11.5 Å². The highest BCUT2D eigenvalue weighted by Crippen LogP contribution is 2.37. The number of esters is 1. The lowest BCUT2D eigenvalue weighted by molar-refractivity contribution is -0.159. The number of aldehydes is 1. The molecule has 0 amide bonds. The van der Waals surface area contributed by atoms with Crippen LogP contribution in [0.1, 0.15) is 28.9 Å². The molecule has 0 aliphatic carbocycles. The Morgan fingerprint density at radius 1 is 1.40 bits per heavy atom. The summed E-state index contributed by atoms with van der Waals surface area (Å²) >= 11 is 0. The van der Waals surface area contributed by atoms with E-state index in [0.29, 0.717) is 17.8 Å². The van der Waals surface area contributed by atoms with Crippen molar-refractivity contribution in [1.29, 1.82) is 0 Å². The first-order chi connectivity index (χ1) is 9.58. The summed E-state index contributed by atoms with van der Waals surface area (Å²) in [5.41, 5.74) is 0.176. The van der Waals surface area contributed by atoms with Gasteiger partial charge in [-0.1, -0.05) is 0 Å². The van der Waals surface area contributed by atoms with Crippen molar-refractivity contribution in [1.82, 2.24) is 0 Å². The van der Waals surface area contributed by atoms with Crippen LogP contribution >= 0.6 is 0 Å². The zero-order chi connectivity index (χ0) is 14.7. The Balaban J connectivity index is 2.31. The molecule has 2 rings (SSSR count). The molecule has 1 aliphatic rings. The van der Waals surface area contributed by atoms with Gasteiger partial charge in [0, 0.05) is 5.56 Å². The van der Waals surface area contributed by atoms with Crippen molar-refractivity contribution in [2.75, 3.05) is 13.4 Å². The van der Waals surface area contributed by atoms with Gasteiger partial charge >= 0.3 is 5.97 Å². The normalized spacial score (nSPS) is 15.6. The summed E-state index contributed by atoms with van der Waals surface area (Å²) in [6.07, 6.45) is -2.88. The third-order valence-electron chi connectivity index (χ3n) is 2.85. The third kappa shape index (κ3) is 2.59. The van der Waals surface area contributed by atoms with E-state index in [1.54, 1.807) is 6.92 Å². The van der Waals surface area contributed by atoms with Gasteiger partial charge in [0.1, 0.15) is 6.10 Å². The van der Waals surface area contributed by atoms with Crippen LogP contribution in [0.2, 0.25) is 0 Å². The number of fused-ring (bicyclic) bond motifs is 1. The Bertz CT molecular complexity index is 526. The minimum Gasteiger partial charge on any atom is -0.464 e. The minimum atomic E-state index is -1.78. The topological polar surface area (TPSA) is 102 Å². The van der Waals surface area contributed by atoms with Gasteiger partial charge in [0.15, 0.2) is 23.9 Å². The zero-order valence-corrected chi connectivity index (χ0v) is 10.7. The summed E-state index contributed by atoms with van der Waals surface area (Å²) in [5, 5.41) is 19.7. The monoisotopic (exact) mass is 282 g/mol. The molecule has 0 saturated heterocycles. The molecule has 108 valence electrons. The Labute approximate surface area is 114 Å². The number of ether oxygens (including phenoxy) is 3. The Morgan fingerprint density at radius 3 is 2.65 bits per heavy atom. The number of carbonyl (C=O) groups excluding carboxylic acids is 2. The van der Waals surface area contributed by atoms with Crippen LogP contribution < -0.4 is 9.47 Å². The molecule has 0 spiro atoms. The molecule has 7 heteroatoms. The van der Waals surface area contributed by atoms with Crippen LogP contribution in [-0.4, -0.2) is 42.0 Å². The molecule has 1 aromatic rings. The quantitative estimate of drug-likeness (QED) is 0.587. The molecule has 2 atom stereocenters. The standard InChI is InChI=1S/C13H14O7/c1-2-18-13(17)12(16)11(15)8-4-10-9(19-6-20-10)3-7(8)5-14/h3-5,11-12,15-16H,2,6H2,1H3. The highest BCUT2D eigenvalue weighted by Gasteiger charge is 2.30. The minimum absolute atomic E-state index is 0.00755. The molecule has 0 saturated carbocycles. The predicted molar refractivity (Wildman–Crippen MR) is 65.6 cm³/mol. The summed E-state index contributed by atoms with van der Waals surface area (Å²) in [6.45, 7) is 1.66. The first-order valence-electron chi connectivity index (χ1n) is 6.00. The van der Waals surface area contributed by atoms with E-state index in [1.165, 1.54) is 12.1 Å². The van der Waals surface area contributed by atoms with Gasteiger partial charge in [-0.15, -0.1) is 0 Å². The molecule has 0 radical (unpaired) electrons. The zero-order valence-electron chi connectivity index (χ0n) is 10.7. The second-order valence-corrected chi connectivity index (χ2v) is 4.09. The molecule has 0 bridgehead atoms. The van der Waals surface area contributed by atoms with Crippen molar-refractivity contribution in [3.05, 3.63) is 23.3 Å². The van der Waals surface area contributed by atoms with Crippen LogP contribution in [-0.2, 0) is 9.53 Å². The van der Waals surface area contributed by atoms with E-state index in [9.17, 15) is 19.8 Å². The number of carbonyl (C=O) groups is 2. The molecule has 2 N–H and O–H groups in total. The summed E-state index contributed by atoms with van der Waals surface area (Å²) in [4.78, 5) is 22.5. The fourth-order valence-corrected chi connectivity index (χ4v) is 1.86. The summed E-state index contributed by atoms with van der Waals surface area (Å²) in [5.74, 6) is -0.260. The average molecular weight is 282 g/mol. The summed E-state index contributed by atoms with van der Waals surface area (Å²) in [7, 11) is 0. The molecule has 0 fully saturated rings. The number of rotatable bonds is 5. The van der Waals surface area contributed by atoms with Crippen molar-refractivity contribution in [2.24, 2.45) is 0 Å². The number of hydrogen-bond acceptors (Lipinski definition) is 7. The first kappa shape index (κ1) is 14.3. The predicted octanol–water partition coefficient (Wildman–Crippen LogP) is 0.185. The van der Waals surface area contributed by atoms with Crippen LogP contribution in [0, 0.1) is 0 Å².